The lowest BCUT2D eigenvalue weighted by molar-refractivity contribution is 0.355. The topological polar surface area (TPSA) is 84.9 Å². The second kappa shape index (κ2) is 9.36. The van der Waals surface area contributed by atoms with E-state index in [0.717, 1.165) is 28.2 Å². The minimum Gasteiger partial charge on any atom is -0.493 e. The summed E-state index contributed by atoms with van der Waals surface area (Å²) in [4.78, 5) is 2.41. The SMILES string of the molecule is COc1ccc(-c2ccc(N3CCN(S(=O)(=O)c4cc(C)cc(C)c4)CC3)nn2)cc1OC. The molecule has 174 valence electrons. The highest BCUT2D eigenvalue weighted by Crippen LogP contribution is 2.31. The molecule has 0 unspecified atom stereocenters. The predicted octanol–water partition coefficient (Wildman–Crippen LogP) is 3.29. The number of benzene rings is 2. The van der Waals surface area contributed by atoms with Crippen molar-refractivity contribution in [2.24, 2.45) is 0 Å². The van der Waals surface area contributed by atoms with E-state index in [-0.39, 0.29) is 0 Å². The maximum Gasteiger partial charge on any atom is 0.243 e. The first-order valence-electron chi connectivity index (χ1n) is 10.7. The van der Waals surface area contributed by atoms with Crippen LogP contribution in [0.15, 0.2) is 53.4 Å². The summed E-state index contributed by atoms with van der Waals surface area (Å²) < 4.78 is 38.4. The largest absolute Gasteiger partial charge is 0.493 e. The highest BCUT2D eigenvalue weighted by Gasteiger charge is 2.29. The van der Waals surface area contributed by atoms with Crippen molar-refractivity contribution in [2.45, 2.75) is 18.7 Å². The van der Waals surface area contributed by atoms with Gasteiger partial charge in [0.2, 0.25) is 10.0 Å². The van der Waals surface area contributed by atoms with Crippen LogP contribution in [0.5, 0.6) is 11.5 Å². The summed E-state index contributed by atoms with van der Waals surface area (Å²) in [7, 11) is -0.329. The van der Waals surface area contributed by atoms with Crippen molar-refractivity contribution in [2.75, 3.05) is 45.3 Å². The van der Waals surface area contributed by atoms with Crippen molar-refractivity contribution in [1.82, 2.24) is 14.5 Å². The molecule has 1 aliphatic heterocycles. The minimum absolute atomic E-state index is 0.354. The highest BCUT2D eigenvalue weighted by atomic mass is 32.2. The van der Waals surface area contributed by atoms with E-state index in [0.29, 0.717) is 42.6 Å². The Kier molecular flexibility index (Phi) is 6.53. The molecular formula is C24H28N4O4S. The van der Waals surface area contributed by atoms with Crippen molar-refractivity contribution >= 4 is 15.8 Å². The Morgan fingerprint density at radius 1 is 0.788 bits per heavy atom. The van der Waals surface area contributed by atoms with Gasteiger partial charge >= 0.3 is 0 Å². The molecule has 1 saturated heterocycles. The summed E-state index contributed by atoms with van der Waals surface area (Å²) in [6.07, 6.45) is 0. The van der Waals surface area contributed by atoms with Crippen LogP contribution in [-0.2, 0) is 10.0 Å². The minimum atomic E-state index is -3.52. The summed E-state index contributed by atoms with van der Waals surface area (Å²) in [5, 5.41) is 8.75. The average Bonchev–Trinajstić information content (AvgIpc) is 2.83. The Hall–Kier alpha value is -3.17. The molecule has 4 rings (SSSR count). The number of hydrogen-bond donors (Lipinski definition) is 0. The molecule has 0 radical (unpaired) electrons. The molecule has 3 aromatic rings. The number of piperazine rings is 1. The molecule has 1 aliphatic rings. The van der Waals surface area contributed by atoms with Crippen molar-refractivity contribution in [3.63, 3.8) is 0 Å². The molecular weight excluding hydrogens is 440 g/mol. The second-order valence-electron chi connectivity index (χ2n) is 8.06. The van der Waals surface area contributed by atoms with E-state index in [1.165, 1.54) is 0 Å². The fourth-order valence-corrected chi connectivity index (χ4v) is 5.64. The number of aromatic nitrogens is 2. The number of rotatable bonds is 6. The van der Waals surface area contributed by atoms with Crippen LogP contribution in [0.25, 0.3) is 11.3 Å². The van der Waals surface area contributed by atoms with Crippen molar-refractivity contribution in [1.29, 1.82) is 0 Å². The van der Waals surface area contributed by atoms with Gasteiger partial charge in [-0.3, -0.25) is 0 Å². The number of ether oxygens (including phenoxy) is 2. The molecule has 1 aromatic heterocycles. The third-order valence-corrected chi connectivity index (χ3v) is 7.60. The molecule has 0 N–H and O–H groups in total. The summed E-state index contributed by atoms with van der Waals surface area (Å²) in [5.41, 5.74) is 3.47. The van der Waals surface area contributed by atoms with Crippen LogP contribution >= 0.6 is 0 Å². The lowest BCUT2D eigenvalue weighted by Gasteiger charge is -2.34. The predicted molar refractivity (Wildman–Crippen MR) is 127 cm³/mol. The Morgan fingerprint density at radius 3 is 2.03 bits per heavy atom. The first-order valence-corrected chi connectivity index (χ1v) is 12.2. The van der Waals surface area contributed by atoms with Crippen LogP contribution in [0, 0.1) is 13.8 Å². The lowest BCUT2D eigenvalue weighted by Crippen LogP contribution is -2.49. The zero-order chi connectivity index (χ0) is 23.6. The van der Waals surface area contributed by atoms with Crippen LogP contribution in [-0.4, -0.2) is 63.3 Å². The van der Waals surface area contributed by atoms with E-state index < -0.39 is 10.0 Å². The molecule has 2 heterocycles. The number of hydrogen-bond acceptors (Lipinski definition) is 7. The zero-order valence-corrected chi connectivity index (χ0v) is 20.1. The summed E-state index contributed by atoms with van der Waals surface area (Å²) >= 11 is 0. The van der Waals surface area contributed by atoms with Crippen LogP contribution in [0.4, 0.5) is 5.82 Å². The highest BCUT2D eigenvalue weighted by molar-refractivity contribution is 7.89. The van der Waals surface area contributed by atoms with Gasteiger partial charge in [-0.15, -0.1) is 10.2 Å². The van der Waals surface area contributed by atoms with Crippen LogP contribution in [0.2, 0.25) is 0 Å². The van der Waals surface area contributed by atoms with Crippen LogP contribution < -0.4 is 14.4 Å². The molecule has 0 saturated carbocycles. The molecule has 0 amide bonds. The molecule has 1 fully saturated rings. The van der Waals surface area contributed by atoms with Crippen molar-refractivity contribution < 1.29 is 17.9 Å². The fourth-order valence-electron chi connectivity index (χ4n) is 4.03. The molecule has 33 heavy (non-hydrogen) atoms. The van der Waals surface area contributed by atoms with Gasteiger partial charge in [0.25, 0.3) is 0 Å². The molecule has 0 spiro atoms. The van der Waals surface area contributed by atoms with Crippen LogP contribution in [0.3, 0.4) is 0 Å². The Bertz CT molecular complexity index is 1220. The van der Waals surface area contributed by atoms with Gasteiger partial charge in [-0.1, -0.05) is 6.07 Å². The van der Waals surface area contributed by atoms with Gasteiger partial charge < -0.3 is 14.4 Å². The van der Waals surface area contributed by atoms with Crippen molar-refractivity contribution in [3.8, 4) is 22.8 Å². The maximum atomic E-state index is 13.1. The molecule has 0 bridgehead atoms. The summed E-state index contributed by atoms with van der Waals surface area (Å²) in [5.74, 6) is 2.00. The summed E-state index contributed by atoms with van der Waals surface area (Å²) in [6.45, 7) is 5.72. The van der Waals surface area contributed by atoms with Gasteiger partial charge in [0.15, 0.2) is 17.3 Å². The maximum absolute atomic E-state index is 13.1. The average molecular weight is 469 g/mol. The molecule has 2 aromatic carbocycles. The van der Waals surface area contributed by atoms with E-state index in [4.69, 9.17) is 9.47 Å². The number of aryl methyl sites for hydroxylation is 2. The van der Waals surface area contributed by atoms with Gasteiger partial charge in [0.1, 0.15) is 0 Å². The lowest BCUT2D eigenvalue weighted by atomic mass is 10.1. The zero-order valence-electron chi connectivity index (χ0n) is 19.3. The van der Waals surface area contributed by atoms with Gasteiger partial charge in [-0.25, -0.2) is 8.42 Å². The molecule has 0 atom stereocenters. The van der Waals surface area contributed by atoms with E-state index in [1.54, 1.807) is 30.7 Å². The Labute approximate surface area is 194 Å². The first kappa shape index (κ1) is 23.0. The smallest absolute Gasteiger partial charge is 0.243 e. The molecule has 9 heteroatoms. The monoisotopic (exact) mass is 468 g/mol. The summed E-state index contributed by atoms with van der Waals surface area (Å²) in [6, 6.07) is 14.8. The number of nitrogens with zero attached hydrogens (tertiary/aromatic N) is 4. The molecule has 8 nitrogen and oxygen atoms in total. The van der Waals surface area contributed by atoms with Gasteiger partial charge in [0.05, 0.1) is 24.8 Å². The number of anilines is 1. The standard InChI is InChI=1S/C24H28N4O4S/c1-17-13-18(2)15-20(14-17)33(29,30)28-11-9-27(10-12-28)24-8-6-21(25-26-24)19-5-7-22(31-3)23(16-19)32-4/h5-8,13-16H,9-12H2,1-4H3. The van der Waals surface area contributed by atoms with Crippen molar-refractivity contribution in [3.05, 3.63) is 59.7 Å². The second-order valence-corrected chi connectivity index (χ2v) is 10.00. The van der Waals surface area contributed by atoms with Gasteiger partial charge in [-0.2, -0.15) is 4.31 Å². The quantitative estimate of drug-likeness (QED) is 0.549. The van der Waals surface area contributed by atoms with E-state index >= 15 is 0 Å². The Morgan fingerprint density at radius 2 is 1.45 bits per heavy atom. The van der Waals surface area contributed by atoms with E-state index in [2.05, 4.69) is 15.1 Å². The van der Waals surface area contributed by atoms with Gasteiger partial charge in [0, 0.05) is 31.7 Å². The number of sulfonamides is 1. The third kappa shape index (κ3) is 4.79. The van der Waals surface area contributed by atoms with Gasteiger partial charge in [-0.05, 0) is 67.4 Å². The number of methoxy groups -OCH3 is 2. The third-order valence-electron chi connectivity index (χ3n) is 5.73. The van der Waals surface area contributed by atoms with E-state index in [1.807, 2.05) is 50.2 Å². The molecule has 0 aliphatic carbocycles. The van der Waals surface area contributed by atoms with Crippen LogP contribution in [0.1, 0.15) is 11.1 Å². The Balaban J connectivity index is 1.45. The normalized spacial score (nSPS) is 14.8. The first-order chi connectivity index (χ1) is 15.8. The van der Waals surface area contributed by atoms with E-state index in [9.17, 15) is 8.42 Å². The fraction of sp³-hybridized carbons (Fsp3) is 0.333.